The maximum Gasteiger partial charge on any atom is 0.322 e. The van der Waals surface area contributed by atoms with Crippen LogP contribution < -0.4 is 0 Å². The molecule has 7 heteroatoms. The van der Waals surface area contributed by atoms with Crippen LogP contribution in [-0.4, -0.2) is 11.9 Å². The molecule has 0 N–H and O–H groups in total. The van der Waals surface area contributed by atoms with Crippen LogP contribution in [0, 0.1) is 45.9 Å². The molecule has 0 unspecified atom stereocenters. The second-order valence-electron chi connectivity index (χ2n) is 9.17. The van der Waals surface area contributed by atoms with Crippen molar-refractivity contribution in [1.82, 2.24) is 0 Å². The van der Waals surface area contributed by atoms with Gasteiger partial charge in [0, 0.05) is 23.0 Å². The van der Waals surface area contributed by atoms with Crippen molar-refractivity contribution in [3.05, 3.63) is 81.9 Å². The minimum Gasteiger partial charge on any atom is -0.392 e. The Morgan fingerprint density at radius 3 is 1.52 bits per heavy atom. The Hall–Kier alpha value is -2.96. The zero-order valence-electron chi connectivity index (χ0n) is 15.9. The van der Waals surface area contributed by atoms with Crippen LogP contribution in [0.4, 0.5) is 17.6 Å². The molecule has 7 aliphatic rings. The van der Waals surface area contributed by atoms with E-state index in [1.165, 1.54) is 0 Å². The van der Waals surface area contributed by atoms with Crippen molar-refractivity contribution in [2.24, 2.45) is 22.7 Å². The Morgan fingerprint density at radius 1 is 0.710 bits per heavy atom. The smallest absolute Gasteiger partial charge is 0.322 e. The Morgan fingerprint density at radius 2 is 1.13 bits per heavy atom. The van der Waals surface area contributed by atoms with Crippen molar-refractivity contribution in [2.45, 2.75) is 24.7 Å². The zero-order chi connectivity index (χ0) is 21.4. The number of carbonyl (C=O) groups excluding carboxylic acids is 2. The summed E-state index contributed by atoms with van der Waals surface area (Å²) < 4.78 is 64.7. The molecule has 31 heavy (non-hydrogen) atoms. The molecule has 6 aliphatic carbocycles. The Kier molecular flexibility index (Phi) is 2.90. The predicted octanol–water partition coefficient (Wildman–Crippen LogP) is 4.49. The first-order chi connectivity index (χ1) is 14.9. The second kappa shape index (κ2) is 5.09. The fraction of sp³-hybridized carbons (Fsp3) is 0.333. The van der Waals surface area contributed by atoms with E-state index < -0.39 is 69.7 Å². The van der Waals surface area contributed by atoms with Crippen LogP contribution in [-0.2, 0) is 14.3 Å². The molecule has 2 fully saturated rings. The van der Waals surface area contributed by atoms with Gasteiger partial charge in [0.1, 0.15) is 10.8 Å². The van der Waals surface area contributed by atoms with Gasteiger partial charge in [-0.1, -0.05) is 36.4 Å². The summed E-state index contributed by atoms with van der Waals surface area (Å²) in [7, 11) is 0. The molecule has 4 bridgehead atoms. The summed E-state index contributed by atoms with van der Waals surface area (Å²) in [6, 6.07) is 6.78. The summed E-state index contributed by atoms with van der Waals surface area (Å²) in [5.41, 5.74) is -2.66. The Labute approximate surface area is 173 Å². The van der Waals surface area contributed by atoms with E-state index in [1.54, 1.807) is 24.3 Å². The number of hydrogen-bond donors (Lipinski definition) is 0. The first kappa shape index (κ1) is 17.7. The molecule has 0 radical (unpaired) electrons. The van der Waals surface area contributed by atoms with Crippen LogP contribution in [0.3, 0.4) is 0 Å². The average molecular weight is 426 g/mol. The quantitative estimate of drug-likeness (QED) is 0.156. The topological polar surface area (TPSA) is 43.4 Å². The van der Waals surface area contributed by atoms with E-state index in [4.69, 9.17) is 4.74 Å². The monoisotopic (exact) mass is 426 g/mol. The third-order valence-corrected chi connectivity index (χ3v) is 8.53. The zero-order valence-corrected chi connectivity index (χ0v) is 15.9. The Balaban J connectivity index is 1.74. The standard InChI is InChI=1S/C24H14F4O3/c25-17-13-14(18(26)20(28)19(17)27)16-12-4-2-1-3-11(12)15(13)23-9-5-7-10(8-6-9)24(16,23)22(30)31-21(23)29/h1-5,7,9-10,15-16H,6,8H2/t9-,10+,15-,16+,23-,24+. The van der Waals surface area contributed by atoms with E-state index in [9.17, 15) is 18.4 Å². The fourth-order valence-corrected chi connectivity index (χ4v) is 7.75. The highest BCUT2D eigenvalue weighted by Crippen LogP contribution is 2.81. The average Bonchev–Trinajstić information content (AvgIpc) is 3.07. The highest BCUT2D eigenvalue weighted by atomic mass is 19.2. The molecule has 3 nitrogen and oxygen atoms in total. The van der Waals surface area contributed by atoms with Crippen molar-refractivity contribution >= 4 is 11.9 Å². The highest BCUT2D eigenvalue weighted by Gasteiger charge is 2.85. The number of ether oxygens (including phenoxy) is 1. The summed E-state index contributed by atoms with van der Waals surface area (Å²) in [4.78, 5) is 26.9. The van der Waals surface area contributed by atoms with Crippen LogP contribution in [0.25, 0.3) is 0 Å². The van der Waals surface area contributed by atoms with Gasteiger partial charge in [0.2, 0.25) is 0 Å². The van der Waals surface area contributed by atoms with Crippen molar-refractivity contribution < 1.29 is 31.9 Å². The number of benzene rings is 2. The van der Waals surface area contributed by atoms with Gasteiger partial charge in [-0.25, -0.2) is 17.6 Å². The van der Waals surface area contributed by atoms with E-state index in [1.807, 2.05) is 12.2 Å². The molecule has 1 saturated heterocycles. The van der Waals surface area contributed by atoms with Gasteiger partial charge in [-0.2, -0.15) is 0 Å². The predicted molar refractivity (Wildman–Crippen MR) is 97.7 cm³/mol. The van der Waals surface area contributed by atoms with Gasteiger partial charge in [-0.15, -0.1) is 0 Å². The number of allylic oxidation sites excluding steroid dienone is 2. The largest absolute Gasteiger partial charge is 0.392 e. The van der Waals surface area contributed by atoms with E-state index in [0.717, 1.165) is 0 Å². The summed E-state index contributed by atoms with van der Waals surface area (Å²) in [5, 5.41) is 0. The summed E-state index contributed by atoms with van der Waals surface area (Å²) in [6.45, 7) is 0. The van der Waals surface area contributed by atoms with Crippen molar-refractivity contribution in [3.63, 3.8) is 0 Å². The molecular formula is C24H14F4O3. The molecule has 0 aromatic heterocycles. The number of esters is 2. The molecule has 6 atom stereocenters. The van der Waals surface area contributed by atoms with Gasteiger partial charge in [-0.05, 0) is 35.8 Å². The van der Waals surface area contributed by atoms with Gasteiger partial charge < -0.3 is 4.74 Å². The normalized spacial score (nSPS) is 37.9. The van der Waals surface area contributed by atoms with E-state index in [2.05, 4.69) is 0 Å². The van der Waals surface area contributed by atoms with Crippen molar-refractivity contribution in [2.75, 3.05) is 0 Å². The maximum absolute atomic E-state index is 15.3. The van der Waals surface area contributed by atoms with Crippen molar-refractivity contribution in [3.8, 4) is 0 Å². The van der Waals surface area contributed by atoms with E-state index >= 15 is 8.78 Å². The lowest BCUT2D eigenvalue weighted by molar-refractivity contribution is -0.161. The molecule has 9 rings (SSSR count). The number of rotatable bonds is 0. The van der Waals surface area contributed by atoms with E-state index in [0.29, 0.717) is 24.0 Å². The van der Waals surface area contributed by atoms with Crippen LogP contribution >= 0.6 is 0 Å². The molecule has 1 heterocycles. The van der Waals surface area contributed by atoms with Crippen molar-refractivity contribution in [1.29, 1.82) is 0 Å². The maximum atomic E-state index is 15.3. The third kappa shape index (κ3) is 1.48. The van der Waals surface area contributed by atoms with Gasteiger partial charge in [0.25, 0.3) is 0 Å². The van der Waals surface area contributed by atoms with Gasteiger partial charge in [0.15, 0.2) is 23.3 Å². The molecule has 0 spiro atoms. The lowest BCUT2D eigenvalue weighted by Crippen LogP contribution is -2.68. The molecule has 2 aromatic rings. The van der Waals surface area contributed by atoms with Crippen LogP contribution in [0.15, 0.2) is 36.4 Å². The van der Waals surface area contributed by atoms with Crippen LogP contribution in [0.5, 0.6) is 0 Å². The molecule has 156 valence electrons. The van der Waals surface area contributed by atoms with Gasteiger partial charge in [-0.3, -0.25) is 9.59 Å². The lowest BCUT2D eigenvalue weighted by atomic mass is 9.31. The molecule has 1 aliphatic heterocycles. The van der Waals surface area contributed by atoms with Crippen LogP contribution in [0.2, 0.25) is 0 Å². The molecular weight excluding hydrogens is 412 g/mol. The van der Waals surface area contributed by atoms with E-state index in [-0.39, 0.29) is 11.1 Å². The number of fused-ring (bicyclic) bond motifs is 1. The highest BCUT2D eigenvalue weighted by molar-refractivity contribution is 6.07. The number of hydrogen-bond acceptors (Lipinski definition) is 3. The van der Waals surface area contributed by atoms with Crippen LogP contribution in [0.1, 0.15) is 46.9 Å². The Bertz CT molecular complexity index is 1200. The lowest BCUT2D eigenvalue weighted by Gasteiger charge is -2.66. The first-order valence-electron chi connectivity index (χ1n) is 10.3. The summed E-state index contributed by atoms with van der Waals surface area (Å²) >= 11 is 0. The molecule has 0 amide bonds. The first-order valence-corrected chi connectivity index (χ1v) is 10.3. The fourth-order valence-electron chi connectivity index (χ4n) is 7.75. The SMILES string of the molecule is O=C1OC(=O)[C@]23[C@H]4c5ccccc5[C@H](c5c(F)c(F)c(F)c(F)c54)[C@]12[C@@H]1C=C[C@H]3CC1. The summed E-state index contributed by atoms with van der Waals surface area (Å²) in [6.07, 6.45) is 4.84. The van der Waals surface area contributed by atoms with Gasteiger partial charge in [0.05, 0.1) is 0 Å². The number of halogens is 4. The summed E-state index contributed by atoms with van der Waals surface area (Å²) in [5.74, 6) is -11.6. The number of cyclic esters (lactones) is 2. The molecule has 1 saturated carbocycles. The van der Waals surface area contributed by atoms with Gasteiger partial charge >= 0.3 is 11.9 Å². The number of carbonyl (C=O) groups is 2. The molecule has 2 aromatic carbocycles. The minimum absolute atomic E-state index is 0.358. The second-order valence-corrected chi connectivity index (χ2v) is 9.17. The minimum atomic E-state index is -1.91. The third-order valence-electron chi connectivity index (χ3n) is 8.53.